The molecule has 5 unspecified atom stereocenters. The Balaban J connectivity index is 0.00000304. The molecule has 1 heterocycles. The Morgan fingerprint density at radius 2 is 1.64 bits per heavy atom. The third-order valence-electron chi connectivity index (χ3n) is 7.17. The van der Waals surface area contributed by atoms with E-state index < -0.39 is 59.0 Å². The summed E-state index contributed by atoms with van der Waals surface area (Å²) >= 11 is 0. The number of phenolic OH excluding ortho intramolecular Hbond substituents is 2. The second-order valence-corrected chi connectivity index (χ2v) is 9.39. The summed E-state index contributed by atoms with van der Waals surface area (Å²) in [5.41, 5.74) is 4.47. The van der Waals surface area contributed by atoms with Crippen molar-refractivity contribution in [2.24, 2.45) is 5.73 Å². The molecule has 5 rings (SSSR count). The van der Waals surface area contributed by atoms with Crippen LogP contribution in [0.4, 0.5) is 0 Å². The number of halogens is 1. The smallest absolute Gasteiger partial charge is 0.198 e. The zero-order chi connectivity index (χ0) is 25.2. The van der Waals surface area contributed by atoms with Crippen LogP contribution in [0.1, 0.15) is 68.8 Å². The summed E-state index contributed by atoms with van der Waals surface area (Å²) in [7, 11) is 0. The van der Waals surface area contributed by atoms with Gasteiger partial charge in [-0.2, -0.15) is 0 Å². The van der Waals surface area contributed by atoms with Crippen molar-refractivity contribution in [2.75, 3.05) is 6.61 Å². The molecule has 2 aromatic carbocycles. The molecule has 5 atom stereocenters. The van der Waals surface area contributed by atoms with Crippen LogP contribution >= 0.6 is 12.4 Å². The summed E-state index contributed by atoms with van der Waals surface area (Å²) in [5, 5.41) is 42.3. The summed E-state index contributed by atoms with van der Waals surface area (Å²) in [6, 6.07) is 6.10. The van der Waals surface area contributed by atoms with Crippen LogP contribution in [-0.2, 0) is 20.7 Å². The number of fused-ring (bicyclic) bond motifs is 3. The van der Waals surface area contributed by atoms with E-state index in [-0.39, 0.29) is 71.7 Å². The van der Waals surface area contributed by atoms with Crippen molar-refractivity contribution in [3.8, 4) is 11.5 Å². The third-order valence-corrected chi connectivity index (χ3v) is 7.17. The maximum Gasteiger partial charge on any atom is 0.198 e. The first-order valence-corrected chi connectivity index (χ1v) is 11.3. The van der Waals surface area contributed by atoms with Gasteiger partial charge in [-0.3, -0.25) is 14.4 Å². The highest BCUT2D eigenvalue weighted by atomic mass is 35.5. The van der Waals surface area contributed by atoms with Crippen LogP contribution in [0.5, 0.6) is 11.5 Å². The van der Waals surface area contributed by atoms with Crippen molar-refractivity contribution in [1.82, 2.24) is 0 Å². The molecule has 2 aromatic rings. The van der Waals surface area contributed by atoms with E-state index >= 15 is 0 Å². The van der Waals surface area contributed by atoms with Gasteiger partial charge >= 0.3 is 0 Å². The molecule has 192 valence electrons. The molecule has 36 heavy (non-hydrogen) atoms. The van der Waals surface area contributed by atoms with E-state index in [1.165, 1.54) is 19.1 Å². The minimum Gasteiger partial charge on any atom is -0.507 e. The van der Waals surface area contributed by atoms with Gasteiger partial charge in [-0.15, -0.1) is 12.4 Å². The molecular formula is C25H26ClNO9. The lowest BCUT2D eigenvalue weighted by Crippen LogP contribution is -2.53. The summed E-state index contributed by atoms with van der Waals surface area (Å²) in [5.74, 6) is -2.74. The lowest BCUT2D eigenvalue weighted by Gasteiger charge is -2.41. The topological polar surface area (TPSA) is 177 Å². The van der Waals surface area contributed by atoms with E-state index in [4.69, 9.17) is 15.2 Å². The van der Waals surface area contributed by atoms with E-state index in [0.717, 1.165) is 0 Å². The largest absolute Gasteiger partial charge is 0.507 e. The number of hydrogen-bond donors (Lipinski definition) is 5. The predicted octanol–water partition coefficient (Wildman–Crippen LogP) is 1.05. The first-order valence-electron chi connectivity index (χ1n) is 11.3. The number of ketones is 3. The van der Waals surface area contributed by atoms with Crippen LogP contribution in [0.25, 0.3) is 0 Å². The fourth-order valence-electron chi connectivity index (χ4n) is 5.13. The van der Waals surface area contributed by atoms with Gasteiger partial charge in [-0.05, 0) is 6.92 Å². The second kappa shape index (κ2) is 9.22. The van der Waals surface area contributed by atoms with Gasteiger partial charge in [0.15, 0.2) is 17.9 Å². The Hall–Kier alpha value is -2.86. The fourth-order valence-corrected chi connectivity index (χ4v) is 5.13. The van der Waals surface area contributed by atoms with Crippen molar-refractivity contribution < 1.29 is 44.3 Å². The highest BCUT2D eigenvalue weighted by molar-refractivity contribution is 6.30. The Morgan fingerprint density at radius 3 is 2.19 bits per heavy atom. The number of carbonyl (C=O) groups excluding carboxylic acids is 3. The molecule has 0 radical (unpaired) electrons. The van der Waals surface area contributed by atoms with E-state index in [1.54, 1.807) is 12.1 Å². The number of rotatable bonds is 3. The monoisotopic (exact) mass is 519 g/mol. The van der Waals surface area contributed by atoms with E-state index in [2.05, 4.69) is 0 Å². The SMILES string of the molecule is CC(=O)C1(N)Cc2c(O)c3c(c(O)c2C(OC2CC(O)C(O)CO2)C1)C(=O)c1ccccc1C3=O.Cl. The number of aliphatic hydroxyl groups is 2. The average Bonchev–Trinajstić information content (AvgIpc) is 2.82. The molecule has 1 fully saturated rings. The van der Waals surface area contributed by atoms with Gasteiger partial charge in [0.05, 0.1) is 35.5 Å². The molecule has 6 N–H and O–H groups in total. The van der Waals surface area contributed by atoms with Crippen LogP contribution in [0, 0.1) is 0 Å². The maximum atomic E-state index is 13.3. The van der Waals surface area contributed by atoms with Gasteiger partial charge in [0.2, 0.25) is 0 Å². The van der Waals surface area contributed by atoms with Crippen LogP contribution in [-0.4, -0.2) is 68.4 Å². The number of carbonyl (C=O) groups is 3. The Kier molecular flexibility index (Phi) is 6.71. The molecule has 2 aliphatic carbocycles. The summed E-state index contributed by atoms with van der Waals surface area (Å²) in [6.45, 7) is 1.09. The summed E-state index contributed by atoms with van der Waals surface area (Å²) < 4.78 is 11.4. The minimum atomic E-state index is -1.50. The second-order valence-electron chi connectivity index (χ2n) is 9.39. The van der Waals surface area contributed by atoms with Crippen LogP contribution in [0.3, 0.4) is 0 Å². The zero-order valence-electron chi connectivity index (χ0n) is 19.3. The Morgan fingerprint density at radius 1 is 1.06 bits per heavy atom. The summed E-state index contributed by atoms with van der Waals surface area (Å²) in [4.78, 5) is 39.0. The fraction of sp³-hybridized carbons (Fsp3) is 0.400. The van der Waals surface area contributed by atoms with Crippen LogP contribution in [0.2, 0.25) is 0 Å². The quantitative estimate of drug-likeness (QED) is 0.314. The van der Waals surface area contributed by atoms with Gasteiger partial charge in [-0.25, -0.2) is 0 Å². The molecule has 0 spiro atoms. The minimum absolute atomic E-state index is 0. The highest BCUT2D eigenvalue weighted by Gasteiger charge is 2.48. The molecule has 3 aliphatic rings. The average molecular weight is 520 g/mol. The Bertz CT molecular complexity index is 1280. The zero-order valence-corrected chi connectivity index (χ0v) is 20.1. The van der Waals surface area contributed by atoms with E-state index in [0.29, 0.717) is 0 Å². The van der Waals surface area contributed by atoms with Crippen molar-refractivity contribution in [2.45, 2.75) is 56.3 Å². The first-order chi connectivity index (χ1) is 16.5. The number of Topliss-reactive ketones (excluding diaryl/α,β-unsaturated/α-hetero) is 1. The first kappa shape index (κ1) is 26.2. The van der Waals surface area contributed by atoms with Crippen molar-refractivity contribution in [3.63, 3.8) is 0 Å². The number of hydrogen-bond acceptors (Lipinski definition) is 10. The van der Waals surface area contributed by atoms with E-state index in [1.807, 2.05) is 0 Å². The number of benzene rings is 2. The third kappa shape index (κ3) is 3.90. The van der Waals surface area contributed by atoms with Crippen molar-refractivity contribution >= 4 is 29.8 Å². The molecular weight excluding hydrogens is 494 g/mol. The van der Waals surface area contributed by atoms with Crippen molar-refractivity contribution in [1.29, 1.82) is 0 Å². The molecule has 1 aliphatic heterocycles. The maximum absolute atomic E-state index is 13.3. The lowest BCUT2D eigenvalue weighted by molar-refractivity contribution is -0.238. The van der Waals surface area contributed by atoms with Crippen LogP contribution in [0.15, 0.2) is 24.3 Å². The number of aromatic hydroxyl groups is 2. The van der Waals surface area contributed by atoms with Crippen LogP contribution < -0.4 is 5.73 Å². The number of phenols is 2. The standard InChI is InChI=1S/C25H25NO9.ClH/c1-10(27)25(26)7-13-18(16(8-25)35-17-6-14(28)15(29)9-34-17)24(33)20-19(23(13)32)21(30)11-4-2-3-5-12(11)22(20)31;/h2-5,14-17,28-29,32-33H,6-9,26H2,1H3;1H. The number of nitrogens with two attached hydrogens (primary N) is 1. The molecule has 11 heteroatoms. The van der Waals surface area contributed by atoms with Crippen molar-refractivity contribution in [3.05, 3.63) is 57.6 Å². The molecule has 0 saturated carbocycles. The van der Waals surface area contributed by atoms with Gasteiger partial charge in [0, 0.05) is 41.5 Å². The molecule has 10 nitrogen and oxygen atoms in total. The molecule has 0 aromatic heterocycles. The highest BCUT2D eigenvalue weighted by Crippen LogP contribution is 2.51. The normalized spacial score (nSPS) is 29.0. The lowest BCUT2D eigenvalue weighted by atomic mass is 9.71. The predicted molar refractivity (Wildman–Crippen MR) is 126 cm³/mol. The number of ether oxygens (including phenoxy) is 2. The van der Waals surface area contributed by atoms with E-state index in [9.17, 15) is 34.8 Å². The van der Waals surface area contributed by atoms with Gasteiger partial charge < -0.3 is 35.6 Å². The van der Waals surface area contributed by atoms with Gasteiger partial charge in [0.1, 0.15) is 23.4 Å². The Labute approximate surface area is 212 Å². The van der Waals surface area contributed by atoms with Gasteiger partial charge in [0.25, 0.3) is 0 Å². The molecule has 1 saturated heterocycles. The summed E-state index contributed by atoms with van der Waals surface area (Å²) in [6.07, 6.45) is -4.74. The number of aliphatic hydroxyl groups excluding tert-OH is 2. The molecule has 0 bridgehead atoms. The molecule has 0 amide bonds. The van der Waals surface area contributed by atoms with Gasteiger partial charge in [-0.1, -0.05) is 24.3 Å².